The third-order valence-corrected chi connectivity index (χ3v) is 6.20. The van der Waals surface area contributed by atoms with Crippen LogP contribution in [-0.4, -0.2) is 59.8 Å². The molecule has 0 aliphatic rings. The monoisotopic (exact) mass is 499 g/mol. The molecule has 0 bridgehead atoms. The van der Waals surface area contributed by atoms with Gasteiger partial charge in [0.05, 0.1) is 31.3 Å². The fraction of sp³-hybridized carbons (Fsp3) is 0.700. The lowest BCUT2D eigenvalue weighted by molar-refractivity contribution is -0.0862. The van der Waals surface area contributed by atoms with Gasteiger partial charge in [-0.1, -0.05) is 53.7 Å². The molecule has 32 heavy (non-hydrogen) atoms. The van der Waals surface area contributed by atoms with Crippen molar-refractivity contribution in [2.75, 3.05) is 19.8 Å². The van der Waals surface area contributed by atoms with Gasteiger partial charge in [-0.3, -0.25) is 0 Å². The van der Waals surface area contributed by atoms with Crippen LogP contribution in [0.15, 0.2) is 12.1 Å². The molecule has 1 aromatic rings. The van der Waals surface area contributed by atoms with E-state index in [0.29, 0.717) is 12.1 Å². The zero-order valence-corrected chi connectivity index (χ0v) is 21.3. The van der Waals surface area contributed by atoms with Gasteiger partial charge in [-0.25, -0.2) is 4.31 Å². The highest BCUT2D eigenvalue weighted by molar-refractivity contribution is 7.53. The van der Waals surface area contributed by atoms with Crippen LogP contribution in [0, 0.1) is 5.41 Å². The Morgan fingerprint density at radius 1 is 0.812 bits per heavy atom. The number of aliphatic hydroxyl groups is 4. The van der Waals surface area contributed by atoms with Crippen LogP contribution in [0.2, 0.25) is 0 Å². The summed E-state index contributed by atoms with van der Waals surface area (Å²) < 4.78 is 3.60. The van der Waals surface area contributed by atoms with Crippen LogP contribution in [0.5, 0.6) is 0 Å². The molecule has 1 atom stereocenters. The molecule has 1 rings (SSSR count). The summed E-state index contributed by atoms with van der Waals surface area (Å²) in [5.41, 5.74) is 7.35. The molecule has 12 heteroatoms. The van der Waals surface area contributed by atoms with E-state index in [1.54, 1.807) is 0 Å². The van der Waals surface area contributed by atoms with Crippen LogP contribution in [0.1, 0.15) is 69.9 Å². The smallest absolute Gasteiger partial charge is 0.334 e. The summed E-state index contributed by atoms with van der Waals surface area (Å²) in [6.07, 6.45) is -1.21. The van der Waals surface area contributed by atoms with Gasteiger partial charge in [0.25, 0.3) is 0 Å². The van der Waals surface area contributed by atoms with Crippen molar-refractivity contribution in [2.45, 2.75) is 65.0 Å². The maximum Gasteiger partial charge on any atom is 0.334 e. The summed E-state index contributed by atoms with van der Waals surface area (Å²) in [7, 11) is -5.22. The second kappa shape index (κ2) is 13.0. The van der Waals surface area contributed by atoms with E-state index < -0.39 is 48.5 Å². The molecule has 0 heterocycles. The molecule has 0 amide bonds. The Morgan fingerprint density at radius 3 is 1.34 bits per heavy atom. The van der Waals surface area contributed by atoms with Crippen molar-refractivity contribution in [3.8, 4) is 0 Å². The number of aliphatic hydroxyl groups excluding tert-OH is 4. The zero-order valence-electron chi connectivity index (χ0n) is 19.5. The lowest BCUT2D eigenvalue weighted by Crippen LogP contribution is -2.42. The summed E-state index contributed by atoms with van der Waals surface area (Å²) in [5.74, 6) is 0. The van der Waals surface area contributed by atoms with Gasteiger partial charge in [0.2, 0.25) is 0 Å². The molecule has 188 valence electrons. The van der Waals surface area contributed by atoms with Crippen LogP contribution < -0.4 is 5.73 Å². The number of rotatable bonds is 8. The molecule has 0 saturated carbocycles. The van der Waals surface area contributed by atoms with E-state index in [1.807, 2.05) is 53.7 Å². The number of hydrogen-bond acceptors (Lipinski definition) is 10. The molecule has 0 radical (unpaired) electrons. The topological polar surface area (TPSA) is 197 Å². The molecule has 0 saturated heterocycles. The first-order valence-electron chi connectivity index (χ1n) is 9.93. The van der Waals surface area contributed by atoms with Crippen LogP contribution in [-0.2, 0) is 21.7 Å². The number of benzene rings is 1. The van der Waals surface area contributed by atoms with E-state index in [4.69, 9.17) is 25.3 Å². The van der Waals surface area contributed by atoms with Crippen LogP contribution in [0.3, 0.4) is 0 Å². The van der Waals surface area contributed by atoms with E-state index in [1.165, 1.54) is 0 Å². The molecule has 10 nitrogen and oxygen atoms in total. The summed E-state index contributed by atoms with van der Waals surface area (Å²) in [6.45, 7) is 11.1. The lowest BCUT2D eigenvalue weighted by Gasteiger charge is -2.39. The Hall–Kier alpha value is -0.320. The highest BCUT2D eigenvalue weighted by atomic mass is 31.2. The molecule has 0 aromatic heterocycles. The van der Waals surface area contributed by atoms with E-state index in [-0.39, 0.29) is 10.8 Å². The predicted octanol–water partition coefficient (Wildman–Crippen LogP) is 1.16. The van der Waals surface area contributed by atoms with Crippen LogP contribution in [0.4, 0.5) is 0 Å². The fourth-order valence-corrected chi connectivity index (χ4v) is 3.67. The molecule has 0 aliphatic carbocycles. The van der Waals surface area contributed by atoms with Crippen molar-refractivity contribution in [3.05, 3.63) is 34.4 Å². The normalized spacial score (nSPS) is 13.9. The van der Waals surface area contributed by atoms with Gasteiger partial charge in [-0.2, -0.15) is 0 Å². The third-order valence-electron chi connectivity index (χ3n) is 5.04. The molecule has 0 aliphatic heterocycles. The zero-order chi connectivity index (χ0) is 25.5. The highest BCUT2D eigenvalue weighted by Gasteiger charge is 2.42. The van der Waals surface area contributed by atoms with Crippen LogP contribution in [0.25, 0.3) is 0 Å². The van der Waals surface area contributed by atoms with E-state index in [0.717, 1.165) is 16.7 Å². The molecular weight excluding hydrogens is 460 g/mol. The molecule has 10 N–H and O–H groups in total. The predicted molar refractivity (Wildman–Crippen MR) is 124 cm³/mol. The second-order valence-corrected chi connectivity index (χ2v) is 11.3. The SMILES string of the molecule is CC(C)(C)c1cc(CN)cc(C(C)(C)C)c1C(O)C(CO)(CO)CO.OP(O)OP(O)O. The largest absolute Gasteiger partial charge is 0.395 e. The Bertz CT molecular complexity index is 650. The van der Waals surface area contributed by atoms with E-state index >= 15 is 0 Å². The van der Waals surface area contributed by atoms with Gasteiger partial charge < -0.3 is 45.7 Å². The number of hydrogen-bond donors (Lipinski definition) is 9. The maximum absolute atomic E-state index is 11.2. The Morgan fingerprint density at radius 2 is 1.16 bits per heavy atom. The van der Waals surface area contributed by atoms with Crippen molar-refractivity contribution < 1.29 is 44.3 Å². The van der Waals surface area contributed by atoms with E-state index in [9.17, 15) is 20.4 Å². The molecule has 1 aromatic carbocycles. The molecule has 1 unspecified atom stereocenters. The Kier molecular flexibility index (Phi) is 12.8. The first-order chi connectivity index (χ1) is 14.5. The van der Waals surface area contributed by atoms with Crippen molar-refractivity contribution in [1.82, 2.24) is 0 Å². The van der Waals surface area contributed by atoms with Crippen molar-refractivity contribution in [2.24, 2.45) is 11.1 Å². The first-order valence-corrected chi connectivity index (χ1v) is 12.3. The Labute approximate surface area is 192 Å². The first kappa shape index (κ1) is 31.7. The highest BCUT2D eigenvalue weighted by Crippen LogP contribution is 2.44. The van der Waals surface area contributed by atoms with Gasteiger partial charge in [-0.05, 0) is 33.1 Å². The summed E-state index contributed by atoms with van der Waals surface area (Å²) in [6, 6.07) is 3.95. The van der Waals surface area contributed by atoms with Gasteiger partial charge >= 0.3 is 17.2 Å². The maximum atomic E-state index is 11.2. The van der Waals surface area contributed by atoms with Gasteiger partial charge in [0, 0.05) is 6.54 Å². The standard InChI is InChI=1S/C20H35NO4.H4O5P2/c1-18(2,3)14-7-13(9-21)8-15(19(4,5)6)16(14)17(25)20(10-22,11-23)12-24;1-6(2)5-7(3)4/h7-8,17,22-25H,9-12,21H2,1-6H3;1-4H. The summed E-state index contributed by atoms with van der Waals surface area (Å²) in [5, 5.41) is 40.6. The van der Waals surface area contributed by atoms with Gasteiger partial charge in [0.1, 0.15) is 0 Å². The fourth-order valence-electron chi connectivity index (χ4n) is 3.15. The van der Waals surface area contributed by atoms with Crippen molar-refractivity contribution in [1.29, 1.82) is 0 Å². The van der Waals surface area contributed by atoms with Gasteiger partial charge in [0.15, 0.2) is 0 Å². The minimum Gasteiger partial charge on any atom is -0.395 e. The average molecular weight is 499 g/mol. The Balaban J connectivity index is 0.00000118. The number of nitrogens with two attached hydrogens (primary N) is 1. The van der Waals surface area contributed by atoms with Crippen LogP contribution >= 0.6 is 17.2 Å². The second-order valence-electron chi connectivity index (χ2n) is 9.64. The molecular formula is C20H39NO9P2. The van der Waals surface area contributed by atoms with Crippen molar-refractivity contribution in [3.63, 3.8) is 0 Å². The van der Waals surface area contributed by atoms with E-state index in [2.05, 4.69) is 4.31 Å². The molecule has 0 spiro atoms. The minimum atomic E-state index is -2.61. The molecule has 0 fully saturated rings. The lowest BCUT2D eigenvalue weighted by atomic mass is 9.69. The summed E-state index contributed by atoms with van der Waals surface area (Å²) >= 11 is 0. The van der Waals surface area contributed by atoms with Crippen molar-refractivity contribution >= 4 is 17.2 Å². The van der Waals surface area contributed by atoms with Gasteiger partial charge in [-0.15, -0.1) is 0 Å². The quantitative estimate of drug-likeness (QED) is 0.234. The minimum absolute atomic E-state index is 0.284. The summed E-state index contributed by atoms with van der Waals surface area (Å²) in [4.78, 5) is 31.3. The average Bonchev–Trinajstić information content (AvgIpc) is 2.66. The third kappa shape index (κ3) is 8.80.